The molecule has 2 aliphatic heterocycles. The molecule has 6 nitrogen and oxygen atoms in total. The van der Waals surface area contributed by atoms with Crippen molar-refractivity contribution in [3.8, 4) is 5.75 Å². The molecule has 0 spiro atoms. The Labute approximate surface area is 135 Å². The van der Waals surface area contributed by atoms with Crippen LogP contribution < -0.4 is 4.74 Å². The molecule has 1 aromatic carbocycles. The van der Waals surface area contributed by atoms with Crippen LogP contribution in [0, 0.1) is 5.92 Å². The van der Waals surface area contributed by atoms with Crippen LogP contribution in [0.2, 0.25) is 0 Å². The Hall–Kier alpha value is -2.08. The van der Waals surface area contributed by atoms with Gasteiger partial charge in [0, 0.05) is 19.6 Å². The minimum absolute atomic E-state index is 0.00671. The highest BCUT2D eigenvalue weighted by Crippen LogP contribution is 2.39. The summed E-state index contributed by atoms with van der Waals surface area (Å²) >= 11 is 0. The molecule has 2 fully saturated rings. The van der Waals surface area contributed by atoms with Crippen molar-refractivity contribution in [1.29, 1.82) is 0 Å². The zero-order valence-electron chi connectivity index (χ0n) is 13.1. The highest BCUT2D eigenvalue weighted by molar-refractivity contribution is 5.87. The molecule has 2 heterocycles. The van der Waals surface area contributed by atoms with Crippen molar-refractivity contribution in [3.05, 3.63) is 29.8 Å². The fourth-order valence-corrected chi connectivity index (χ4v) is 3.45. The summed E-state index contributed by atoms with van der Waals surface area (Å²) in [5.74, 6) is -1.07. The number of carboxylic acids is 1. The molecule has 23 heavy (non-hydrogen) atoms. The third-order valence-electron chi connectivity index (χ3n) is 4.63. The maximum absolute atomic E-state index is 12.4. The van der Waals surface area contributed by atoms with Gasteiger partial charge in [-0.05, 0) is 30.5 Å². The van der Waals surface area contributed by atoms with Crippen molar-refractivity contribution >= 4 is 11.9 Å². The first-order valence-corrected chi connectivity index (χ1v) is 7.88. The Kier molecular flexibility index (Phi) is 4.52. The van der Waals surface area contributed by atoms with E-state index in [2.05, 4.69) is 0 Å². The summed E-state index contributed by atoms with van der Waals surface area (Å²) in [7, 11) is 1.58. The third-order valence-corrected chi connectivity index (χ3v) is 4.63. The van der Waals surface area contributed by atoms with Crippen molar-refractivity contribution in [2.75, 3.05) is 20.3 Å². The van der Waals surface area contributed by atoms with Crippen molar-refractivity contribution in [3.63, 3.8) is 0 Å². The number of carbonyl (C=O) groups excluding carboxylic acids is 1. The number of methoxy groups -OCH3 is 1. The van der Waals surface area contributed by atoms with Gasteiger partial charge in [0.2, 0.25) is 5.91 Å². The Balaban J connectivity index is 1.87. The molecule has 0 saturated carbocycles. The van der Waals surface area contributed by atoms with E-state index in [0.717, 1.165) is 18.4 Å². The van der Waals surface area contributed by atoms with Crippen molar-refractivity contribution < 1.29 is 24.2 Å². The van der Waals surface area contributed by atoms with Crippen LogP contribution in [0.15, 0.2) is 24.3 Å². The number of nitrogens with zero attached hydrogens (tertiary/aromatic N) is 1. The SMILES string of the molecule is COc1ccc([C@@H]2[C@H](C(=O)O)CC(=O)N2C[C@H]2CCCO2)cc1. The van der Waals surface area contributed by atoms with Gasteiger partial charge in [0.1, 0.15) is 5.75 Å². The summed E-state index contributed by atoms with van der Waals surface area (Å²) in [4.78, 5) is 25.6. The Morgan fingerprint density at radius 3 is 2.70 bits per heavy atom. The minimum atomic E-state index is -0.936. The van der Waals surface area contributed by atoms with Crippen LogP contribution >= 0.6 is 0 Å². The predicted octanol–water partition coefficient (Wildman–Crippen LogP) is 1.85. The van der Waals surface area contributed by atoms with Gasteiger partial charge in [-0.2, -0.15) is 0 Å². The molecule has 124 valence electrons. The van der Waals surface area contributed by atoms with E-state index in [9.17, 15) is 14.7 Å². The normalized spacial score (nSPS) is 27.4. The fraction of sp³-hybridized carbons (Fsp3) is 0.529. The topological polar surface area (TPSA) is 76.1 Å². The van der Waals surface area contributed by atoms with Crippen LogP contribution in [0.1, 0.15) is 30.9 Å². The van der Waals surface area contributed by atoms with Crippen LogP contribution in [0.25, 0.3) is 0 Å². The lowest BCUT2D eigenvalue weighted by Gasteiger charge is -2.29. The number of aliphatic carboxylic acids is 1. The number of rotatable bonds is 5. The fourth-order valence-electron chi connectivity index (χ4n) is 3.45. The van der Waals surface area contributed by atoms with Gasteiger partial charge in [-0.15, -0.1) is 0 Å². The summed E-state index contributed by atoms with van der Waals surface area (Å²) in [5.41, 5.74) is 0.821. The molecule has 2 aliphatic rings. The van der Waals surface area contributed by atoms with Crippen molar-refractivity contribution in [2.45, 2.75) is 31.4 Å². The van der Waals surface area contributed by atoms with E-state index in [4.69, 9.17) is 9.47 Å². The van der Waals surface area contributed by atoms with Crippen LogP contribution in [0.4, 0.5) is 0 Å². The summed E-state index contributed by atoms with van der Waals surface area (Å²) in [6.45, 7) is 1.17. The molecule has 6 heteroatoms. The van der Waals surface area contributed by atoms with Gasteiger partial charge in [0.25, 0.3) is 0 Å². The maximum Gasteiger partial charge on any atom is 0.309 e. The van der Waals surface area contributed by atoms with Crippen LogP contribution in [-0.4, -0.2) is 48.2 Å². The number of amides is 1. The number of ether oxygens (including phenoxy) is 2. The number of carbonyl (C=O) groups is 2. The molecule has 1 aromatic rings. The summed E-state index contributed by atoms with van der Waals surface area (Å²) in [6, 6.07) is 6.80. The average molecular weight is 319 g/mol. The first-order valence-electron chi connectivity index (χ1n) is 7.88. The van der Waals surface area contributed by atoms with Gasteiger partial charge in [-0.1, -0.05) is 12.1 Å². The number of hydrogen-bond donors (Lipinski definition) is 1. The molecule has 0 bridgehead atoms. The van der Waals surface area contributed by atoms with E-state index >= 15 is 0 Å². The molecule has 0 unspecified atom stereocenters. The molecule has 0 radical (unpaired) electrons. The lowest BCUT2D eigenvalue weighted by molar-refractivity contribution is -0.142. The van der Waals surface area contributed by atoms with Crippen LogP contribution in [0.3, 0.4) is 0 Å². The quantitative estimate of drug-likeness (QED) is 0.896. The van der Waals surface area contributed by atoms with Gasteiger partial charge in [0.15, 0.2) is 0 Å². The van der Waals surface area contributed by atoms with Gasteiger partial charge in [0.05, 0.1) is 25.2 Å². The third kappa shape index (κ3) is 3.17. The maximum atomic E-state index is 12.4. The number of hydrogen-bond acceptors (Lipinski definition) is 4. The van der Waals surface area contributed by atoms with Gasteiger partial charge < -0.3 is 19.5 Å². The Bertz CT molecular complexity index is 579. The second-order valence-corrected chi connectivity index (χ2v) is 6.05. The number of benzene rings is 1. The number of carboxylic acid groups (broad SMARTS) is 1. The summed E-state index contributed by atoms with van der Waals surface area (Å²) < 4.78 is 10.8. The zero-order valence-corrected chi connectivity index (χ0v) is 13.1. The van der Waals surface area contributed by atoms with Crippen molar-refractivity contribution in [2.24, 2.45) is 5.92 Å². The van der Waals surface area contributed by atoms with E-state index in [1.54, 1.807) is 24.1 Å². The molecule has 1 amide bonds. The van der Waals surface area contributed by atoms with E-state index < -0.39 is 17.9 Å². The predicted molar refractivity (Wildman–Crippen MR) is 82.2 cm³/mol. The van der Waals surface area contributed by atoms with Gasteiger partial charge >= 0.3 is 5.97 Å². The zero-order chi connectivity index (χ0) is 16.4. The molecule has 3 atom stereocenters. The Morgan fingerprint density at radius 2 is 2.13 bits per heavy atom. The minimum Gasteiger partial charge on any atom is -0.497 e. The molecule has 2 saturated heterocycles. The molecule has 0 aliphatic carbocycles. The lowest BCUT2D eigenvalue weighted by atomic mass is 9.93. The largest absolute Gasteiger partial charge is 0.497 e. The van der Waals surface area contributed by atoms with Crippen LogP contribution in [0.5, 0.6) is 5.75 Å². The average Bonchev–Trinajstić information content (AvgIpc) is 3.17. The van der Waals surface area contributed by atoms with Crippen molar-refractivity contribution in [1.82, 2.24) is 4.90 Å². The first-order chi connectivity index (χ1) is 11.1. The number of likely N-dealkylation sites (tertiary alicyclic amines) is 1. The van der Waals surface area contributed by atoms with Gasteiger partial charge in [-0.3, -0.25) is 9.59 Å². The smallest absolute Gasteiger partial charge is 0.309 e. The van der Waals surface area contributed by atoms with Crippen LogP contribution in [-0.2, 0) is 14.3 Å². The van der Waals surface area contributed by atoms with E-state index in [1.165, 1.54) is 0 Å². The lowest BCUT2D eigenvalue weighted by Crippen LogP contribution is -2.36. The molecular weight excluding hydrogens is 298 g/mol. The second kappa shape index (κ2) is 6.58. The summed E-state index contributed by atoms with van der Waals surface area (Å²) in [5, 5.41) is 9.51. The molecule has 3 rings (SSSR count). The Morgan fingerprint density at radius 1 is 1.39 bits per heavy atom. The second-order valence-electron chi connectivity index (χ2n) is 6.05. The van der Waals surface area contributed by atoms with E-state index in [1.807, 2.05) is 12.1 Å². The van der Waals surface area contributed by atoms with E-state index in [-0.39, 0.29) is 18.4 Å². The summed E-state index contributed by atoms with van der Waals surface area (Å²) in [6.07, 6.45) is 1.95. The van der Waals surface area contributed by atoms with E-state index in [0.29, 0.717) is 18.9 Å². The highest BCUT2D eigenvalue weighted by atomic mass is 16.5. The van der Waals surface area contributed by atoms with Gasteiger partial charge in [-0.25, -0.2) is 0 Å². The molecular formula is C17H21NO5. The highest BCUT2D eigenvalue weighted by Gasteiger charge is 2.45. The molecule has 1 N–H and O–H groups in total. The molecule has 0 aromatic heterocycles. The first kappa shape index (κ1) is 15.8. The monoisotopic (exact) mass is 319 g/mol. The standard InChI is InChI=1S/C17H21NO5/c1-22-12-6-4-11(5-7-12)16-14(17(20)21)9-15(19)18(16)10-13-3-2-8-23-13/h4-7,13-14,16H,2-3,8-10H2,1H3,(H,20,21)/t13-,14-,16-/m1/s1.